The lowest BCUT2D eigenvalue weighted by Gasteiger charge is -2.18. The Balaban J connectivity index is 1.70. The molecule has 35 heavy (non-hydrogen) atoms. The number of aromatic nitrogens is 4. The van der Waals surface area contributed by atoms with E-state index in [0.29, 0.717) is 41.5 Å². The zero-order valence-corrected chi connectivity index (χ0v) is 20.7. The van der Waals surface area contributed by atoms with Crippen molar-refractivity contribution >= 4 is 28.7 Å². The standard InChI is InChI=1S/C25H28N6O3S/c1-4-20(24(32)27-14-15-33-3)35-25-28-23-21(16(2)29-30-23)22(26)31(25)17-10-12-19(13-11-17)34-18-8-6-5-7-9-18/h5-13,20,26H,4,14-15H2,1-3H3,(H,27,32)(H,29,30)/t20-/m1/s1. The van der Waals surface area contributed by atoms with E-state index in [4.69, 9.17) is 19.9 Å². The number of benzene rings is 2. The van der Waals surface area contributed by atoms with Crippen molar-refractivity contribution in [2.75, 3.05) is 20.3 Å². The summed E-state index contributed by atoms with van der Waals surface area (Å²) >= 11 is 1.32. The van der Waals surface area contributed by atoms with Crippen LogP contribution in [0.1, 0.15) is 19.0 Å². The molecule has 0 fully saturated rings. The number of nitrogens with one attached hydrogen (secondary N) is 3. The van der Waals surface area contributed by atoms with Gasteiger partial charge in [0.2, 0.25) is 5.91 Å². The summed E-state index contributed by atoms with van der Waals surface area (Å²) in [5.41, 5.74) is 2.19. The molecule has 2 heterocycles. The number of carbonyl (C=O) groups is 1. The number of amides is 1. The lowest BCUT2D eigenvalue weighted by Crippen LogP contribution is -2.35. The van der Waals surface area contributed by atoms with Crippen molar-refractivity contribution in [2.24, 2.45) is 0 Å². The van der Waals surface area contributed by atoms with E-state index in [1.807, 2.05) is 68.4 Å². The Bertz CT molecular complexity index is 1350. The molecule has 4 rings (SSSR count). The molecule has 0 unspecified atom stereocenters. The number of H-pyrrole nitrogens is 1. The summed E-state index contributed by atoms with van der Waals surface area (Å²) in [5, 5.41) is 19.8. The third-order valence-corrected chi connectivity index (χ3v) is 6.69. The first-order chi connectivity index (χ1) is 17.0. The molecule has 2 aromatic heterocycles. The SMILES string of the molecule is CC[C@@H](Sc1nc2n[nH]c(C)c2c(=N)n1-c1ccc(Oc2ccccc2)cc1)C(=O)NCCOC. The van der Waals surface area contributed by atoms with Crippen molar-refractivity contribution in [3.8, 4) is 17.2 Å². The first kappa shape index (κ1) is 24.5. The highest BCUT2D eigenvalue weighted by Crippen LogP contribution is 2.28. The van der Waals surface area contributed by atoms with Crippen molar-refractivity contribution in [3.63, 3.8) is 0 Å². The van der Waals surface area contributed by atoms with E-state index >= 15 is 0 Å². The summed E-state index contributed by atoms with van der Waals surface area (Å²) < 4.78 is 12.7. The number of aromatic amines is 1. The van der Waals surface area contributed by atoms with Crippen LogP contribution in [0.5, 0.6) is 11.5 Å². The third-order valence-electron chi connectivity index (χ3n) is 5.37. The molecule has 9 nitrogen and oxygen atoms in total. The van der Waals surface area contributed by atoms with Crippen molar-refractivity contribution < 1.29 is 14.3 Å². The maximum absolute atomic E-state index is 12.8. The van der Waals surface area contributed by atoms with Gasteiger partial charge in [0.1, 0.15) is 17.0 Å². The van der Waals surface area contributed by atoms with Gasteiger partial charge < -0.3 is 14.8 Å². The highest BCUT2D eigenvalue weighted by Gasteiger charge is 2.23. The molecule has 3 N–H and O–H groups in total. The number of hydrogen-bond acceptors (Lipinski definition) is 7. The normalized spacial score (nSPS) is 12.0. The quantitative estimate of drug-likeness (QED) is 0.175. The summed E-state index contributed by atoms with van der Waals surface area (Å²) in [5.74, 6) is 1.32. The van der Waals surface area contributed by atoms with E-state index < -0.39 is 0 Å². The first-order valence-electron chi connectivity index (χ1n) is 11.3. The molecule has 0 aliphatic heterocycles. The van der Waals surface area contributed by atoms with Crippen LogP contribution in [-0.2, 0) is 9.53 Å². The highest BCUT2D eigenvalue weighted by atomic mass is 32.2. The van der Waals surface area contributed by atoms with Gasteiger partial charge in [-0.3, -0.25) is 19.9 Å². The number of fused-ring (bicyclic) bond motifs is 1. The first-order valence-corrected chi connectivity index (χ1v) is 12.2. The van der Waals surface area contributed by atoms with Gasteiger partial charge in [-0.25, -0.2) is 4.98 Å². The zero-order chi connectivity index (χ0) is 24.8. The van der Waals surface area contributed by atoms with Crippen molar-refractivity contribution in [1.82, 2.24) is 25.1 Å². The minimum Gasteiger partial charge on any atom is -0.457 e. The Morgan fingerprint density at radius 3 is 2.57 bits per heavy atom. The van der Waals surface area contributed by atoms with Gasteiger partial charge in [0.05, 0.1) is 17.2 Å². The predicted molar refractivity (Wildman–Crippen MR) is 135 cm³/mol. The van der Waals surface area contributed by atoms with E-state index in [0.717, 1.165) is 17.1 Å². The van der Waals surface area contributed by atoms with Crippen LogP contribution in [0.3, 0.4) is 0 Å². The van der Waals surface area contributed by atoms with E-state index in [-0.39, 0.29) is 16.6 Å². The number of thioether (sulfide) groups is 1. The molecule has 0 saturated carbocycles. The minimum absolute atomic E-state index is 0.0978. The molecule has 1 atom stereocenters. The summed E-state index contributed by atoms with van der Waals surface area (Å²) in [6.45, 7) is 4.69. The third kappa shape index (κ3) is 5.55. The molecule has 182 valence electrons. The second-order valence-electron chi connectivity index (χ2n) is 7.83. The van der Waals surface area contributed by atoms with Gasteiger partial charge in [0, 0.05) is 25.0 Å². The number of hydrogen-bond donors (Lipinski definition) is 3. The Morgan fingerprint density at radius 2 is 1.89 bits per heavy atom. The fraction of sp³-hybridized carbons (Fsp3) is 0.280. The molecule has 0 aliphatic rings. The minimum atomic E-state index is -0.386. The van der Waals surface area contributed by atoms with E-state index in [9.17, 15) is 4.79 Å². The summed E-state index contributed by atoms with van der Waals surface area (Å²) in [6, 6.07) is 17.0. The van der Waals surface area contributed by atoms with Crippen molar-refractivity contribution in [2.45, 2.75) is 30.7 Å². The molecular weight excluding hydrogens is 464 g/mol. The lowest BCUT2D eigenvalue weighted by molar-refractivity contribution is -0.120. The number of rotatable bonds is 10. The van der Waals surface area contributed by atoms with Crippen LogP contribution >= 0.6 is 11.8 Å². The molecule has 0 saturated heterocycles. The fourth-order valence-electron chi connectivity index (χ4n) is 3.57. The maximum Gasteiger partial charge on any atom is 0.233 e. The lowest BCUT2D eigenvalue weighted by atomic mass is 10.2. The second kappa shape index (κ2) is 11.2. The Morgan fingerprint density at radius 1 is 1.17 bits per heavy atom. The summed E-state index contributed by atoms with van der Waals surface area (Å²) in [4.78, 5) is 17.5. The summed E-state index contributed by atoms with van der Waals surface area (Å²) in [6.07, 6.45) is 0.597. The molecule has 0 spiro atoms. The van der Waals surface area contributed by atoms with Crippen LogP contribution in [0.25, 0.3) is 16.7 Å². The average Bonchev–Trinajstić information content (AvgIpc) is 3.24. The van der Waals surface area contributed by atoms with Gasteiger partial charge in [-0.1, -0.05) is 36.9 Å². The van der Waals surface area contributed by atoms with Gasteiger partial charge in [0.15, 0.2) is 10.8 Å². The van der Waals surface area contributed by atoms with Gasteiger partial charge >= 0.3 is 0 Å². The topological polar surface area (TPSA) is 118 Å². The number of ether oxygens (including phenoxy) is 2. The molecule has 4 aromatic rings. The van der Waals surface area contributed by atoms with E-state index in [1.54, 1.807) is 11.7 Å². The van der Waals surface area contributed by atoms with Crippen LogP contribution in [0, 0.1) is 12.3 Å². The van der Waals surface area contributed by atoms with E-state index in [2.05, 4.69) is 15.5 Å². The molecule has 1 amide bonds. The molecule has 0 bridgehead atoms. The zero-order valence-electron chi connectivity index (χ0n) is 19.9. The van der Waals surface area contributed by atoms with Crippen molar-refractivity contribution in [1.29, 1.82) is 5.41 Å². The fourth-order valence-corrected chi connectivity index (χ4v) is 4.63. The number of methoxy groups -OCH3 is 1. The van der Waals surface area contributed by atoms with Crippen LogP contribution in [0.4, 0.5) is 0 Å². The highest BCUT2D eigenvalue weighted by molar-refractivity contribution is 8.00. The number of nitrogens with zero attached hydrogens (tertiary/aromatic N) is 3. The van der Waals surface area contributed by atoms with E-state index in [1.165, 1.54) is 11.8 Å². The van der Waals surface area contributed by atoms with Crippen LogP contribution in [-0.4, -0.2) is 51.2 Å². The maximum atomic E-state index is 12.8. The van der Waals surface area contributed by atoms with Crippen LogP contribution in [0.2, 0.25) is 0 Å². The Labute approximate surface area is 207 Å². The molecule has 0 aliphatic carbocycles. The summed E-state index contributed by atoms with van der Waals surface area (Å²) in [7, 11) is 1.60. The predicted octanol–water partition coefficient (Wildman–Crippen LogP) is 3.96. The average molecular weight is 493 g/mol. The Kier molecular flexibility index (Phi) is 7.84. The molecule has 10 heteroatoms. The molecule has 2 aromatic carbocycles. The van der Waals surface area contributed by atoms with Gasteiger partial charge in [0.25, 0.3) is 0 Å². The van der Waals surface area contributed by atoms with Gasteiger partial charge in [-0.05, 0) is 49.7 Å². The van der Waals surface area contributed by atoms with Gasteiger partial charge in [-0.15, -0.1) is 0 Å². The van der Waals surface area contributed by atoms with Crippen molar-refractivity contribution in [3.05, 3.63) is 65.8 Å². The molecular formula is C25H28N6O3S. The Hall–Kier alpha value is -3.63. The van der Waals surface area contributed by atoms with Gasteiger partial charge in [-0.2, -0.15) is 5.10 Å². The number of aryl methyl sites for hydroxylation is 1. The van der Waals surface area contributed by atoms with Crippen LogP contribution < -0.4 is 15.5 Å². The smallest absolute Gasteiger partial charge is 0.233 e. The second-order valence-corrected chi connectivity index (χ2v) is 9.00. The number of para-hydroxylation sites is 1. The van der Waals surface area contributed by atoms with Crippen LogP contribution in [0.15, 0.2) is 59.8 Å². The largest absolute Gasteiger partial charge is 0.457 e. The monoisotopic (exact) mass is 492 g/mol. The number of carbonyl (C=O) groups excluding carboxylic acids is 1. The molecule has 0 radical (unpaired) electrons.